The number of carbonyl (C=O) groups is 1. The second-order valence-electron chi connectivity index (χ2n) is 3.30. The van der Waals surface area contributed by atoms with Crippen LogP contribution in [0.3, 0.4) is 0 Å². The molecule has 1 amide bonds. The molecule has 0 aliphatic carbocycles. The van der Waals surface area contributed by atoms with E-state index in [1.54, 1.807) is 6.92 Å². The lowest BCUT2D eigenvalue weighted by atomic mass is 10.2. The Morgan fingerprint density at radius 3 is 2.80 bits per heavy atom. The highest BCUT2D eigenvalue weighted by Gasteiger charge is 2.10. The van der Waals surface area contributed by atoms with E-state index in [0.29, 0.717) is 5.75 Å². The fourth-order valence-electron chi connectivity index (χ4n) is 0.948. The fraction of sp³-hybridized carbons (Fsp3) is 0.300. The molecule has 0 aliphatic heterocycles. The lowest BCUT2D eigenvalue weighted by Gasteiger charge is -2.11. The first-order valence-corrected chi connectivity index (χ1v) is 4.48. The number of amides is 1. The van der Waals surface area contributed by atoms with Crippen molar-refractivity contribution in [3.8, 4) is 5.75 Å². The van der Waals surface area contributed by atoms with Gasteiger partial charge in [0.15, 0.2) is 0 Å². The van der Waals surface area contributed by atoms with Crippen molar-refractivity contribution >= 4 is 11.6 Å². The lowest BCUT2D eigenvalue weighted by Crippen LogP contribution is -2.25. The summed E-state index contributed by atoms with van der Waals surface area (Å²) in [5.74, 6) is -0.933. The van der Waals surface area contributed by atoms with Gasteiger partial charge in [-0.3, -0.25) is 4.79 Å². The third-order valence-electron chi connectivity index (χ3n) is 1.95. The van der Waals surface area contributed by atoms with Gasteiger partial charge in [-0.1, -0.05) is 6.92 Å². The maximum absolute atomic E-state index is 12.7. The molecule has 0 heterocycles. The Hall–Kier alpha value is -1.78. The van der Waals surface area contributed by atoms with Gasteiger partial charge in [-0.15, -0.1) is 0 Å². The van der Waals surface area contributed by atoms with Crippen molar-refractivity contribution in [1.82, 2.24) is 0 Å². The van der Waals surface area contributed by atoms with Gasteiger partial charge in [0, 0.05) is 6.07 Å². The molecule has 4 nitrogen and oxygen atoms in total. The summed E-state index contributed by atoms with van der Waals surface area (Å²) in [5.41, 5.74) is 10.8. The zero-order valence-corrected chi connectivity index (χ0v) is 8.37. The molecule has 0 radical (unpaired) electrons. The molecule has 1 unspecified atom stereocenters. The van der Waals surface area contributed by atoms with Crippen LogP contribution < -0.4 is 16.2 Å². The predicted octanol–water partition coefficient (Wildman–Crippen LogP) is 0.908. The second kappa shape index (κ2) is 4.63. The van der Waals surface area contributed by atoms with E-state index in [-0.39, 0.29) is 12.3 Å². The van der Waals surface area contributed by atoms with Gasteiger partial charge in [0.2, 0.25) is 5.91 Å². The number of anilines is 1. The molecule has 0 aromatic heterocycles. The van der Waals surface area contributed by atoms with Crippen molar-refractivity contribution < 1.29 is 13.9 Å². The van der Waals surface area contributed by atoms with Gasteiger partial charge in [0.25, 0.3) is 0 Å². The molecule has 15 heavy (non-hydrogen) atoms. The molecule has 1 aromatic rings. The van der Waals surface area contributed by atoms with Crippen LogP contribution >= 0.6 is 0 Å². The molecule has 0 fully saturated rings. The largest absolute Gasteiger partial charge is 0.491 e. The molecule has 5 heteroatoms. The first kappa shape index (κ1) is 11.3. The number of hydrogen-bond acceptors (Lipinski definition) is 3. The van der Waals surface area contributed by atoms with Crippen molar-refractivity contribution in [3.63, 3.8) is 0 Å². The van der Waals surface area contributed by atoms with Gasteiger partial charge < -0.3 is 16.2 Å². The number of rotatable bonds is 4. The molecule has 1 rings (SSSR count). The summed E-state index contributed by atoms with van der Waals surface area (Å²) in [5, 5.41) is 0. The van der Waals surface area contributed by atoms with Crippen LogP contribution in [-0.2, 0) is 4.79 Å². The van der Waals surface area contributed by atoms with Crippen LogP contribution in [0.5, 0.6) is 5.75 Å². The highest BCUT2D eigenvalue weighted by molar-refractivity contribution is 5.76. The number of hydrogen-bond donors (Lipinski definition) is 2. The van der Waals surface area contributed by atoms with Gasteiger partial charge >= 0.3 is 0 Å². The minimum Gasteiger partial charge on any atom is -0.491 e. The smallest absolute Gasteiger partial charge is 0.223 e. The molecule has 0 saturated carbocycles. The quantitative estimate of drug-likeness (QED) is 0.728. The molecule has 82 valence electrons. The van der Waals surface area contributed by atoms with E-state index in [1.807, 2.05) is 0 Å². The SMILES string of the molecule is CC(COc1ccc(F)cc1N)C(N)=O. The van der Waals surface area contributed by atoms with Crippen LogP contribution in [0, 0.1) is 11.7 Å². The average Bonchev–Trinajstić information content (AvgIpc) is 2.15. The maximum Gasteiger partial charge on any atom is 0.223 e. The first-order valence-electron chi connectivity index (χ1n) is 4.48. The van der Waals surface area contributed by atoms with Gasteiger partial charge in [-0.25, -0.2) is 4.39 Å². The predicted molar refractivity (Wildman–Crippen MR) is 54.7 cm³/mol. The number of nitrogen functional groups attached to an aromatic ring is 1. The maximum atomic E-state index is 12.7. The van der Waals surface area contributed by atoms with Crippen LogP contribution in [0.15, 0.2) is 18.2 Å². The van der Waals surface area contributed by atoms with Crippen LogP contribution in [0.4, 0.5) is 10.1 Å². The minimum absolute atomic E-state index is 0.130. The Morgan fingerprint density at radius 2 is 2.27 bits per heavy atom. The van der Waals surface area contributed by atoms with E-state index < -0.39 is 17.6 Å². The summed E-state index contributed by atoms with van der Waals surface area (Å²) in [4.78, 5) is 10.7. The van der Waals surface area contributed by atoms with E-state index >= 15 is 0 Å². The van der Waals surface area contributed by atoms with E-state index in [4.69, 9.17) is 16.2 Å². The van der Waals surface area contributed by atoms with E-state index in [1.165, 1.54) is 12.1 Å². The molecule has 1 atom stereocenters. The Labute approximate surface area is 87.0 Å². The van der Waals surface area contributed by atoms with Gasteiger partial charge in [-0.2, -0.15) is 0 Å². The zero-order valence-electron chi connectivity index (χ0n) is 8.37. The summed E-state index contributed by atoms with van der Waals surface area (Å²) in [7, 11) is 0. The Bertz CT molecular complexity index is 368. The van der Waals surface area contributed by atoms with Crippen LogP contribution in [-0.4, -0.2) is 12.5 Å². The monoisotopic (exact) mass is 212 g/mol. The summed E-state index contributed by atoms with van der Waals surface area (Å²) in [6, 6.07) is 3.81. The third-order valence-corrected chi connectivity index (χ3v) is 1.95. The van der Waals surface area contributed by atoms with Crippen molar-refractivity contribution in [2.75, 3.05) is 12.3 Å². The molecule has 0 bridgehead atoms. The molecule has 4 N–H and O–H groups in total. The molecule has 1 aromatic carbocycles. The highest BCUT2D eigenvalue weighted by Crippen LogP contribution is 2.22. The Morgan fingerprint density at radius 1 is 1.60 bits per heavy atom. The number of nitrogens with two attached hydrogens (primary N) is 2. The molecular weight excluding hydrogens is 199 g/mol. The fourth-order valence-corrected chi connectivity index (χ4v) is 0.948. The number of halogens is 1. The van der Waals surface area contributed by atoms with Crippen molar-refractivity contribution in [2.24, 2.45) is 11.7 Å². The van der Waals surface area contributed by atoms with Gasteiger partial charge in [0.1, 0.15) is 11.6 Å². The minimum atomic E-state index is -0.448. The zero-order chi connectivity index (χ0) is 11.4. The standard InChI is InChI=1S/C10H13FN2O2/c1-6(10(13)14)5-15-9-3-2-7(11)4-8(9)12/h2-4,6H,5,12H2,1H3,(H2,13,14). The third kappa shape index (κ3) is 3.12. The number of carbonyl (C=O) groups excluding carboxylic acids is 1. The summed E-state index contributed by atoms with van der Waals surface area (Å²) < 4.78 is 17.9. The van der Waals surface area contributed by atoms with E-state index in [9.17, 15) is 9.18 Å². The first-order chi connectivity index (χ1) is 7.00. The second-order valence-corrected chi connectivity index (χ2v) is 3.30. The van der Waals surface area contributed by atoms with Gasteiger partial charge in [-0.05, 0) is 12.1 Å². The van der Waals surface area contributed by atoms with Gasteiger partial charge in [0.05, 0.1) is 18.2 Å². The Kier molecular flexibility index (Phi) is 3.49. The average molecular weight is 212 g/mol. The van der Waals surface area contributed by atoms with Crippen molar-refractivity contribution in [3.05, 3.63) is 24.0 Å². The van der Waals surface area contributed by atoms with Crippen molar-refractivity contribution in [2.45, 2.75) is 6.92 Å². The number of primary amides is 1. The van der Waals surface area contributed by atoms with E-state index in [2.05, 4.69) is 0 Å². The van der Waals surface area contributed by atoms with Crippen LogP contribution in [0.25, 0.3) is 0 Å². The summed E-state index contributed by atoms with van der Waals surface area (Å²) >= 11 is 0. The summed E-state index contributed by atoms with van der Waals surface area (Å²) in [6.07, 6.45) is 0. The van der Waals surface area contributed by atoms with Crippen LogP contribution in [0.1, 0.15) is 6.92 Å². The number of ether oxygens (including phenoxy) is 1. The topological polar surface area (TPSA) is 78.3 Å². The summed E-state index contributed by atoms with van der Waals surface area (Å²) in [6.45, 7) is 1.77. The Balaban J connectivity index is 2.62. The van der Waals surface area contributed by atoms with Crippen LogP contribution in [0.2, 0.25) is 0 Å². The van der Waals surface area contributed by atoms with E-state index in [0.717, 1.165) is 6.07 Å². The molecule has 0 spiro atoms. The lowest BCUT2D eigenvalue weighted by molar-refractivity contribution is -0.122. The number of benzene rings is 1. The highest BCUT2D eigenvalue weighted by atomic mass is 19.1. The molecular formula is C10H13FN2O2. The normalized spacial score (nSPS) is 12.1. The van der Waals surface area contributed by atoms with Crippen molar-refractivity contribution in [1.29, 1.82) is 0 Å². The molecule has 0 aliphatic rings. The molecule has 0 saturated heterocycles.